The van der Waals surface area contributed by atoms with Crippen molar-refractivity contribution in [1.29, 1.82) is 0 Å². The lowest BCUT2D eigenvalue weighted by molar-refractivity contribution is -0.152. The molecule has 6 atom stereocenters. The van der Waals surface area contributed by atoms with Crippen molar-refractivity contribution < 1.29 is 54.2 Å². The van der Waals surface area contributed by atoms with Gasteiger partial charge < -0.3 is 24.8 Å². The van der Waals surface area contributed by atoms with E-state index in [1.807, 2.05) is 0 Å². The number of nitrogens with two attached hydrogens (primary N) is 1. The Kier molecular flexibility index (Phi) is 14.5. The Morgan fingerprint density at radius 3 is 2.46 bits per heavy atom. The second-order valence-corrected chi connectivity index (χ2v) is 19.8. The normalized spacial score (nSPS) is 22.7. The molecule has 5 rings (SSSR count). The zero-order chi connectivity index (χ0) is 41.7. The van der Waals surface area contributed by atoms with Crippen molar-refractivity contribution in [1.82, 2.24) is 19.7 Å². The monoisotopic (exact) mass is 876 g/mol. The van der Waals surface area contributed by atoms with Gasteiger partial charge in [-0.25, -0.2) is 39.9 Å². The minimum atomic E-state index is -4.28. The van der Waals surface area contributed by atoms with Crippen LogP contribution in [0.5, 0.6) is 5.75 Å². The zero-order valence-corrected chi connectivity index (χ0v) is 34.7. The van der Waals surface area contributed by atoms with Crippen molar-refractivity contribution in [3.8, 4) is 5.75 Å². The second-order valence-electron chi connectivity index (χ2n) is 14.4. The number of amides is 1. The number of aliphatic carboxylic acids is 1. The number of carbonyl (C=O) groups excluding carboxylic acids is 2. The second kappa shape index (κ2) is 18.6. The number of likely N-dealkylation sites (tertiary alicyclic amines) is 1. The number of anilines is 1. The predicted molar refractivity (Wildman–Crippen MR) is 209 cm³/mol. The summed E-state index contributed by atoms with van der Waals surface area (Å²) in [4.78, 5) is 39.1. The Bertz CT molecular complexity index is 2140. The molecule has 0 radical (unpaired) electrons. The quantitative estimate of drug-likeness (QED) is 0.0922. The topological polar surface area (TPSA) is 270 Å². The average molecular weight is 877 g/mol. The van der Waals surface area contributed by atoms with E-state index in [0.717, 1.165) is 37.8 Å². The number of nitrogens with one attached hydrogen (secondary N) is 4. The van der Waals surface area contributed by atoms with E-state index in [1.54, 1.807) is 26.0 Å². The molecule has 316 valence electrons. The first-order valence-corrected chi connectivity index (χ1v) is 23.7. The maximum Gasteiger partial charge on any atom is 0.326 e. The van der Waals surface area contributed by atoms with Crippen LogP contribution in [0.25, 0.3) is 0 Å². The molecule has 4 unspecified atom stereocenters. The van der Waals surface area contributed by atoms with Crippen molar-refractivity contribution in [3.05, 3.63) is 47.0 Å². The van der Waals surface area contributed by atoms with Crippen LogP contribution >= 0.6 is 11.6 Å². The molecular formula is C35H49ClN6O12S3. The first-order valence-electron chi connectivity index (χ1n) is 18.6. The highest BCUT2D eigenvalue weighted by molar-refractivity contribution is 7.90. The van der Waals surface area contributed by atoms with Crippen LogP contribution in [0.2, 0.25) is 5.02 Å². The van der Waals surface area contributed by atoms with Gasteiger partial charge in [-0.2, -0.15) is 4.72 Å². The molecule has 0 aromatic heterocycles. The standard InChI is InChI=1S/C35H49ClN6O12S3/c1-3-53-35(46)26(39-21(2)33(43)42-28-10-5-4-8-23(28)16-29(42)34(44)45)9-6-7-15-38-55(47,48)20-22-11-13-24(14-12-22)54-19-32-40-27-17-25(36)30(56(37,49)50)18-31(27)57(51,52)41-32/h11-14,17-18,21,23,26,28-29,32,38-41H,3-10,15-16,19-20H2,1-2H3,(H,44,45)(H2,37,49,50)/t21-,23?,26-,28?,29?,32?/m0/s1. The Hall–Kier alpha value is -3.57. The molecule has 2 heterocycles. The van der Waals surface area contributed by atoms with E-state index in [-0.39, 0.29) is 65.4 Å². The third kappa shape index (κ3) is 11.3. The molecular weight excluding hydrogens is 828 g/mol. The van der Waals surface area contributed by atoms with Gasteiger partial charge >= 0.3 is 11.9 Å². The van der Waals surface area contributed by atoms with Crippen molar-refractivity contribution in [3.63, 3.8) is 0 Å². The first kappa shape index (κ1) is 44.5. The van der Waals surface area contributed by atoms with Crippen molar-refractivity contribution in [2.75, 3.05) is 25.1 Å². The van der Waals surface area contributed by atoms with Crippen LogP contribution in [0.4, 0.5) is 5.69 Å². The number of carboxylic acids is 1. The van der Waals surface area contributed by atoms with Crippen LogP contribution in [-0.2, 0) is 54.9 Å². The number of carbonyl (C=O) groups is 3. The highest BCUT2D eigenvalue weighted by Crippen LogP contribution is 2.40. The Morgan fingerprint density at radius 1 is 1.09 bits per heavy atom. The summed E-state index contributed by atoms with van der Waals surface area (Å²) in [5, 5.41) is 20.7. The van der Waals surface area contributed by atoms with E-state index in [4.69, 9.17) is 26.2 Å². The summed E-state index contributed by atoms with van der Waals surface area (Å²) in [6.07, 6.45) is 4.09. The summed E-state index contributed by atoms with van der Waals surface area (Å²) in [5.74, 6) is -1.82. The number of halogens is 1. The Labute approximate surface area is 337 Å². The number of hydrogen-bond donors (Lipinski definition) is 6. The van der Waals surface area contributed by atoms with Crippen LogP contribution < -0.4 is 30.0 Å². The summed E-state index contributed by atoms with van der Waals surface area (Å²) >= 11 is 6.03. The van der Waals surface area contributed by atoms with Gasteiger partial charge in [0.15, 0.2) is 0 Å². The smallest absolute Gasteiger partial charge is 0.326 e. The van der Waals surface area contributed by atoms with Gasteiger partial charge in [-0.3, -0.25) is 14.9 Å². The fraction of sp³-hybridized carbons (Fsp3) is 0.571. The summed E-state index contributed by atoms with van der Waals surface area (Å²) < 4.78 is 90.8. The number of sulfonamides is 3. The molecule has 7 N–H and O–H groups in total. The molecule has 18 nitrogen and oxygen atoms in total. The zero-order valence-electron chi connectivity index (χ0n) is 31.5. The van der Waals surface area contributed by atoms with Crippen LogP contribution in [-0.4, -0.2) is 103 Å². The Balaban J connectivity index is 1.08. The van der Waals surface area contributed by atoms with Gasteiger partial charge in [-0.05, 0) is 88.1 Å². The first-order chi connectivity index (χ1) is 26.8. The predicted octanol–water partition coefficient (Wildman–Crippen LogP) is 1.84. The van der Waals surface area contributed by atoms with Crippen LogP contribution in [0.1, 0.15) is 70.8 Å². The molecule has 1 amide bonds. The Morgan fingerprint density at radius 2 is 1.79 bits per heavy atom. The lowest BCUT2D eigenvalue weighted by Crippen LogP contribution is -2.55. The number of nitrogens with zero attached hydrogens (tertiary/aromatic N) is 1. The molecule has 0 spiro atoms. The minimum Gasteiger partial charge on any atom is -0.490 e. The summed E-state index contributed by atoms with van der Waals surface area (Å²) in [5.41, 5.74) is 0.505. The largest absolute Gasteiger partial charge is 0.490 e. The number of benzene rings is 2. The molecule has 3 aliphatic rings. The van der Waals surface area contributed by atoms with Gasteiger partial charge in [-0.15, -0.1) is 0 Å². The molecule has 2 aromatic carbocycles. The summed E-state index contributed by atoms with van der Waals surface area (Å²) in [6.45, 7) is 3.30. The lowest BCUT2D eigenvalue weighted by Gasteiger charge is -2.35. The number of ether oxygens (including phenoxy) is 2. The van der Waals surface area contributed by atoms with Gasteiger partial charge in [0.2, 0.25) is 36.0 Å². The van der Waals surface area contributed by atoms with Crippen LogP contribution in [0.15, 0.2) is 46.2 Å². The van der Waals surface area contributed by atoms with Gasteiger partial charge in [-0.1, -0.05) is 36.6 Å². The molecule has 57 heavy (non-hydrogen) atoms. The van der Waals surface area contributed by atoms with E-state index in [0.29, 0.717) is 30.6 Å². The maximum absolute atomic E-state index is 13.6. The summed E-state index contributed by atoms with van der Waals surface area (Å²) in [6, 6.07) is 5.42. The molecule has 1 saturated carbocycles. The molecule has 2 fully saturated rings. The van der Waals surface area contributed by atoms with Crippen LogP contribution in [0.3, 0.4) is 0 Å². The third-order valence-electron chi connectivity index (χ3n) is 10.2. The van der Waals surface area contributed by atoms with E-state index in [2.05, 4.69) is 20.1 Å². The molecule has 2 aromatic rings. The van der Waals surface area contributed by atoms with Crippen molar-refractivity contribution in [2.24, 2.45) is 11.1 Å². The van der Waals surface area contributed by atoms with E-state index >= 15 is 0 Å². The van der Waals surface area contributed by atoms with E-state index < -0.39 is 71.2 Å². The molecule has 0 bridgehead atoms. The number of carboxylic acid groups (broad SMARTS) is 1. The fourth-order valence-electron chi connectivity index (χ4n) is 7.57. The number of esters is 1. The number of fused-ring (bicyclic) bond motifs is 2. The molecule has 1 aliphatic carbocycles. The van der Waals surface area contributed by atoms with Gasteiger partial charge in [0.1, 0.15) is 40.4 Å². The van der Waals surface area contributed by atoms with Crippen LogP contribution in [0, 0.1) is 5.92 Å². The van der Waals surface area contributed by atoms with Gasteiger partial charge in [0, 0.05) is 12.6 Å². The molecule has 22 heteroatoms. The minimum absolute atomic E-state index is 0.0523. The highest BCUT2D eigenvalue weighted by Gasteiger charge is 2.48. The molecule has 2 aliphatic heterocycles. The molecule has 1 saturated heterocycles. The van der Waals surface area contributed by atoms with E-state index in [9.17, 15) is 44.7 Å². The van der Waals surface area contributed by atoms with Crippen molar-refractivity contribution >= 4 is 65.2 Å². The number of primary sulfonamides is 1. The highest BCUT2D eigenvalue weighted by atomic mass is 35.5. The number of rotatable bonds is 18. The fourth-order valence-corrected chi connectivity index (χ4v) is 11.2. The van der Waals surface area contributed by atoms with E-state index in [1.165, 1.54) is 17.0 Å². The summed E-state index contributed by atoms with van der Waals surface area (Å²) in [7, 11) is -12.2. The van der Waals surface area contributed by atoms with Gasteiger partial charge in [0.25, 0.3) is 0 Å². The number of hydrogen-bond acceptors (Lipinski definition) is 13. The third-order valence-corrected chi connectivity index (χ3v) is 14.5. The maximum atomic E-state index is 13.6. The lowest BCUT2D eigenvalue weighted by atomic mass is 9.84. The SMILES string of the molecule is CCOC(=O)[C@H](CCCCNS(=O)(=O)Cc1ccc(OCC2Nc3cc(Cl)c(S(N)(=O)=O)cc3S(=O)(=O)N2)cc1)N[C@@H](C)C(=O)N1C(C(=O)O)CC2CCCCC21. The number of unbranched alkanes of at least 4 members (excludes halogenated alkanes) is 1. The van der Waals surface area contributed by atoms with Crippen molar-refractivity contribution in [2.45, 2.75) is 111 Å². The van der Waals surface area contributed by atoms with Gasteiger partial charge in [0.05, 0.1) is 29.1 Å². The average Bonchev–Trinajstić information content (AvgIpc) is 3.52.